The van der Waals surface area contributed by atoms with Gasteiger partial charge in [0, 0.05) is 31.0 Å². The first kappa shape index (κ1) is 40.8. The third kappa shape index (κ3) is 9.56. The number of aryl methyl sites for hydroxylation is 3. The highest BCUT2D eigenvalue weighted by Crippen LogP contribution is 2.35. The number of rotatable bonds is 9. The molecule has 0 unspecified atom stereocenters. The summed E-state index contributed by atoms with van der Waals surface area (Å²) in [6.45, 7) is 11.9. The predicted molar refractivity (Wildman–Crippen MR) is 219 cm³/mol. The SMILES string of the molecule is Cc1cc(C)c(S(=O)(=O)Nc2ccccc2C2CCN(C(=O)[C@@H](Cc3ccc(Cl)cc3)NC(=O)[C@@H]3Cc4ccccc4CN3C(=O)OC(C)(C)C)CC2)c(C)c1. The number of benzene rings is 4. The molecule has 12 heteroatoms. The van der Waals surface area contributed by atoms with Crippen LogP contribution in [0, 0.1) is 20.8 Å². The second-order valence-electron chi connectivity index (χ2n) is 16.0. The topological polar surface area (TPSA) is 125 Å². The first-order valence-electron chi connectivity index (χ1n) is 19.1. The normalized spacial score (nSPS) is 16.8. The smallest absolute Gasteiger partial charge is 0.411 e. The van der Waals surface area contributed by atoms with Crippen molar-refractivity contribution in [2.24, 2.45) is 0 Å². The van der Waals surface area contributed by atoms with E-state index in [1.807, 2.05) is 73.7 Å². The maximum Gasteiger partial charge on any atom is 0.411 e. The number of carbonyl (C=O) groups is 3. The Kier molecular flexibility index (Phi) is 12.2. The molecule has 0 saturated carbocycles. The molecule has 0 aliphatic carbocycles. The number of nitrogens with one attached hydrogen (secondary N) is 2. The van der Waals surface area contributed by atoms with Gasteiger partial charge in [-0.25, -0.2) is 13.2 Å². The number of halogens is 1. The minimum absolute atomic E-state index is 0.00726. The Morgan fingerprint density at radius 2 is 1.48 bits per heavy atom. The number of hydrogen-bond donors (Lipinski definition) is 2. The molecule has 4 aromatic rings. The van der Waals surface area contributed by atoms with E-state index in [4.69, 9.17) is 16.3 Å². The van der Waals surface area contributed by atoms with E-state index < -0.39 is 39.7 Å². The second kappa shape index (κ2) is 16.7. The third-order valence-corrected chi connectivity index (χ3v) is 12.4. The lowest BCUT2D eigenvalue weighted by atomic mass is 9.88. The molecular weight excluding hydrogens is 748 g/mol. The van der Waals surface area contributed by atoms with Gasteiger partial charge in [-0.15, -0.1) is 0 Å². The van der Waals surface area contributed by atoms with E-state index in [2.05, 4.69) is 10.0 Å². The number of fused-ring (bicyclic) bond motifs is 1. The number of amides is 3. The van der Waals surface area contributed by atoms with Crippen LogP contribution in [0.1, 0.15) is 78.5 Å². The van der Waals surface area contributed by atoms with E-state index in [1.54, 1.807) is 57.7 Å². The van der Waals surface area contributed by atoms with Crippen LogP contribution in [0.15, 0.2) is 89.8 Å². The molecule has 10 nitrogen and oxygen atoms in total. The number of sulfonamides is 1. The van der Waals surface area contributed by atoms with Crippen molar-refractivity contribution in [1.82, 2.24) is 15.1 Å². The summed E-state index contributed by atoms with van der Waals surface area (Å²) in [6.07, 6.45) is 1.10. The number of anilines is 1. The largest absolute Gasteiger partial charge is 0.444 e. The fourth-order valence-corrected chi connectivity index (χ4v) is 9.63. The molecule has 1 saturated heterocycles. The van der Waals surface area contributed by atoms with Gasteiger partial charge in [-0.2, -0.15) is 0 Å². The molecule has 2 N–H and O–H groups in total. The molecule has 6 rings (SSSR count). The van der Waals surface area contributed by atoms with Crippen molar-refractivity contribution in [3.63, 3.8) is 0 Å². The second-order valence-corrected chi connectivity index (χ2v) is 18.1. The molecule has 56 heavy (non-hydrogen) atoms. The van der Waals surface area contributed by atoms with Crippen LogP contribution in [-0.2, 0) is 43.7 Å². The fourth-order valence-electron chi connectivity index (χ4n) is 7.96. The van der Waals surface area contributed by atoms with Gasteiger partial charge in [0.25, 0.3) is 10.0 Å². The van der Waals surface area contributed by atoms with Gasteiger partial charge in [-0.05, 0) is 112 Å². The maximum absolute atomic E-state index is 14.4. The van der Waals surface area contributed by atoms with E-state index in [0.717, 1.165) is 27.8 Å². The molecule has 2 aliphatic rings. The molecule has 1 fully saturated rings. The monoisotopic (exact) mass is 798 g/mol. The summed E-state index contributed by atoms with van der Waals surface area (Å²) in [5.74, 6) is -0.675. The van der Waals surface area contributed by atoms with Crippen molar-refractivity contribution < 1.29 is 27.5 Å². The lowest BCUT2D eigenvalue weighted by molar-refractivity contribution is -0.138. The van der Waals surface area contributed by atoms with Crippen LogP contribution in [0.3, 0.4) is 0 Å². The average Bonchev–Trinajstić information content (AvgIpc) is 3.13. The quantitative estimate of drug-likeness (QED) is 0.178. The van der Waals surface area contributed by atoms with E-state index in [9.17, 15) is 22.8 Å². The lowest BCUT2D eigenvalue weighted by Crippen LogP contribution is -2.58. The van der Waals surface area contributed by atoms with Crippen LogP contribution >= 0.6 is 11.6 Å². The summed E-state index contributed by atoms with van der Waals surface area (Å²) in [5.41, 5.74) is 5.72. The van der Waals surface area contributed by atoms with Crippen LogP contribution in [0.25, 0.3) is 0 Å². The molecule has 0 aromatic heterocycles. The van der Waals surface area contributed by atoms with Crippen LogP contribution in [0.4, 0.5) is 10.5 Å². The molecule has 2 atom stereocenters. The highest BCUT2D eigenvalue weighted by Gasteiger charge is 2.39. The van der Waals surface area contributed by atoms with Gasteiger partial charge in [-0.3, -0.25) is 19.2 Å². The molecule has 296 valence electrons. The van der Waals surface area contributed by atoms with Crippen molar-refractivity contribution in [3.8, 4) is 0 Å². The Morgan fingerprint density at radius 1 is 0.875 bits per heavy atom. The van der Waals surface area contributed by atoms with E-state index in [1.165, 1.54) is 4.90 Å². The molecule has 2 heterocycles. The molecule has 0 spiro atoms. The van der Waals surface area contributed by atoms with Crippen molar-refractivity contribution in [1.29, 1.82) is 0 Å². The zero-order chi connectivity index (χ0) is 40.4. The van der Waals surface area contributed by atoms with E-state index in [-0.39, 0.29) is 36.1 Å². The van der Waals surface area contributed by atoms with Crippen molar-refractivity contribution in [3.05, 3.63) is 129 Å². The van der Waals surface area contributed by atoms with Gasteiger partial charge < -0.3 is 15.0 Å². The Morgan fingerprint density at radius 3 is 2.12 bits per heavy atom. The van der Waals surface area contributed by atoms with Crippen LogP contribution in [0.2, 0.25) is 5.02 Å². The van der Waals surface area contributed by atoms with E-state index >= 15 is 0 Å². The zero-order valence-corrected chi connectivity index (χ0v) is 34.5. The zero-order valence-electron chi connectivity index (χ0n) is 32.9. The highest BCUT2D eigenvalue weighted by molar-refractivity contribution is 7.92. The molecule has 0 bridgehead atoms. The molecule has 0 radical (unpaired) electrons. The van der Waals surface area contributed by atoms with Crippen LogP contribution in [0.5, 0.6) is 0 Å². The number of piperidine rings is 1. The number of para-hydroxylation sites is 1. The van der Waals surface area contributed by atoms with Crippen LogP contribution < -0.4 is 10.0 Å². The van der Waals surface area contributed by atoms with Crippen molar-refractivity contribution in [2.75, 3.05) is 17.8 Å². The predicted octanol–water partition coefficient (Wildman–Crippen LogP) is 7.86. The average molecular weight is 799 g/mol. The lowest BCUT2D eigenvalue weighted by Gasteiger charge is -2.38. The minimum atomic E-state index is -3.87. The summed E-state index contributed by atoms with van der Waals surface area (Å²) in [7, 11) is -3.87. The first-order chi connectivity index (χ1) is 26.5. The Bertz CT molecular complexity index is 2190. The third-order valence-electron chi connectivity index (χ3n) is 10.5. The molecular formula is C44H51ClN4O6S. The highest BCUT2D eigenvalue weighted by atomic mass is 35.5. The molecule has 3 amide bonds. The van der Waals surface area contributed by atoms with Gasteiger partial charge >= 0.3 is 6.09 Å². The number of likely N-dealkylation sites (tertiary alicyclic amines) is 1. The number of hydrogen-bond acceptors (Lipinski definition) is 6. The summed E-state index contributed by atoms with van der Waals surface area (Å²) in [4.78, 5) is 45.7. The summed E-state index contributed by atoms with van der Waals surface area (Å²) >= 11 is 6.18. The van der Waals surface area contributed by atoms with Gasteiger partial charge in [0.15, 0.2) is 0 Å². The Balaban J connectivity index is 1.20. The Labute approximate surface area is 335 Å². The Hall–Kier alpha value is -4.87. The van der Waals surface area contributed by atoms with Gasteiger partial charge in [0.1, 0.15) is 17.7 Å². The molecule has 2 aliphatic heterocycles. The fraction of sp³-hybridized carbons (Fsp3) is 0.386. The van der Waals surface area contributed by atoms with Crippen molar-refractivity contribution in [2.45, 2.75) is 102 Å². The first-order valence-corrected chi connectivity index (χ1v) is 20.9. The van der Waals surface area contributed by atoms with Gasteiger partial charge in [0.2, 0.25) is 11.8 Å². The number of ether oxygens (including phenoxy) is 1. The van der Waals surface area contributed by atoms with E-state index in [0.29, 0.717) is 47.8 Å². The summed E-state index contributed by atoms with van der Waals surface area (Å²) in [5, 5.41) is 3.60. The number of carbonyl (C=O) groups excluding carboxylic acids is 3. The van der Waals surface area contributed by atoms with Gasteiger partial charge in [-0.1, -0.05) is 83.9 Å². The summed E-state index contributed by atoms with van der Waals surface area (Å²) in [6, 6.07) is 24.2. The minimum Gasteiger partial charge on any atom is -0.444 e. The van der Waals surface area contributed by atoms with Gasteiger partial charge in [0.05, 0.1) is 17.1 Å². The molecule has 4 aromatic carbocycles. The summed E-state index contributed by atoms with van der Waals surface area (Å²) < 4.78 is 36.0. The number of nitrogens with zero attached hydrogens (tertiary/aromatic N) is 2. The maximum atomic E-state index is 14.4. The van der Waals surface area contributed by atoms with Crippen LogP contribution in [-0.4, -0.2) is 66.9 Å². The van der Waals surface area contributed by atoms with Crippen molar-refractivity contribution >= 4 is 45.2 Å². The standard InChI is InChI=1S/C44H51ClN4O6S/c1-28-23-29(2)40(30(3)24-28)56(53,54)47-37-14-10-9-13-36(37)32-19-21-48(22-20-32)42(51)38(25-31-15-17-35(45)18-16-31)46-41(50)39-26-33-11-7-8-12-34(33)27-49(39)43(52)55-44(4,5)6/h7-18,23-24,32,38-39,47H,19-22,25-27H2,1-6H3,(H,46,50)/t38-,39+/m1/s1.